The van der Waals surface area contributed by atoms with E-state index in [1.54, 1.807) is 0 Å². The normalized spacial score (nSPS) is 12.9. The Kier molecular flexibility index (Phi) is 10.8. The molecule has 0 N–H and O–H groups in total. The fraction of sp³-hybridized carbons (Fsp3) is 0.0270. The molecule has 2 aliphatic carbocycles. The molecule has 0 atom stereocenters. The summed E-state index contributed by atoms with van der Waals surface area (Å²) < 4.78 is 0. The molecule has 1 aliphatic heterocycles. The predicted octanol–water partition coefficient (Wildman–Crippen LogP) is 20.0. The number of benzene rings is 12. The standard InChI is InChI=1S/C74H50N2S/c1-5-18-50(19-6-1)53-32-38-58(39-33-53)75(59-40-34-54(35-41-59)51-20-7-2-8-21-51)60-42-36-56-46-66-62(64(56)48-60)26-17-29-71(66)76(57-24-11-4-12-25-57)61-43-45-67-65(49-61)63-44-37-55(52-22-9-3-10-23-52)47-70(63)74(67)68-27-13-15-30-72(68)77-73-31-16-14-28-69(73)74/h1-45,47-49H,46H2. The van der Waals surface area contributed by atoms with Gasteiger partial charge in [-0.05, 0) is 174 Å². The van der Waals surface area contributed by atoms with Crippen LogP contribution >= 0.6 is 11.8 Å². The first-order valence-electron chi connectivity index (χ1n) is 26.6. The van der Waals surface area contributed by atoms with Crippen molar-refractivity contribution >= 4 is 45.9 Å². The Bertz CT molecular complexity index is 4060. The van der Waals surface area contributed by atoms with E-state index >= 15 is 0 Å². The lowest BCUT2D eigenvalue weighted by atomic mass is 9.67. The molecule has 3 heteroatoms. The van der Waals surface area contributed by atoms with Crippen molar-refractivity contribution in [2.24, 2.45) is 0 Å². The van der Waals surface area contributed by atoms with E-state index in [4.69, 9.17) is 0 Å². The van der Waals surface area contributed by atoms with Crippen LogP contribution in [0.15, 0.2) is 301 Å². The molecule has 0 bridgehead atoms. The molecular formula is C74H50N2S. The fourth-order valence-electron chi connectivity index (χ4n) is 12.7. The van der Waals surface area contributed by atoms with Crippen LogP contribution in [0.1, 0.15) is 33.4 Å². The zero-order valence-corrected chi connectivity index (χ0v) is 43.0. The average molecular weight is 999 g/mol. The number of para-hydroxylation sites is 1. The van der Waals surface area contributed by atoms with E-state index in [0.717, 1.165) is 34.9 Å². The summed E-state index contributed by atoms with van der Waals surface area (Å²) in [5.41, 5.74) is 26.6. The summed E-state index contributed by atoms with van der Waals surface area (Å²) >= 11 is 1.89. The van der Waals surface area contributed by atoms with Crippen molar-refractivity contribution in [2.45, 2.75) is 21.6 Å². The summed E-state index contributed by atoms with van der Waals surface area (Å²) in [6, 6.07) is 108. The smallest absolute Gasteiger partial charge is 0.0735 e. The van der Waals surface area contributed by atoms with E-state index in [1.807, 2.05) is 11.8 Å². The molecule has 12 aromatic carbocycles. The van der Waals surface area contributed by atoms with Gasteiger partial charge >= 0.3 is 0 Å². The number of anilines is 6. The van der Waals surface area contributed by atoms with Crippen molar-refractivity contribution in [3.63, 3.8) is 0 Å². The minimum atomic E-state index is -0.501. The Morgan fingerprint density at radius 3 is 1.35 bits per heavy atom. The van der Waals surface area contributed by atoms with Crippen LogP contribution in [-0.2, 0) is 11.8 Å². The van der Waals surface area contributed by atoms with Crippen LogP contribution in [0.25, 0.3) is 55.6 Å². The summed E-state index contributed by atoms with van der Waals surface area (Å²) in [5, 5.41) is 0. The van der Waals surface area contributed by atoms with Crippen molar-refractivity contribution in [1.29, 1.82) is 0 Å². The molecule has 0 radical (unpaired) electrons. The van der Waals surface area contributed by atoms with Gasteiger partial charge in [0, 0.05) is 44.6 Å². The van der Waals surface area contributed by atoms with Crippen molar-refractivity contribution in [2.75, 3.05) is 9.80 Å². The lowest BCUT2D eigenvalue weighted by Gasteiger charge is -2.40. The highest BCUT2D eigenvalue weighted by Crippen LogP contribution is 2.63. The van der Waals surface area contributed by atoms with Crippen LogP contribution in [-0.4, -0.2) is 0 Å². The van der Waals surface area contributed by atoms with Crippen molar-refractivity contribution < 1.29 is 0 Å². The van der Waals surface area contributed by atoms with Gasteiger partial charge in [0.1, 0.15) is 0 Å². The molecule has 0 saturated heterocycles. The molecule has 1 spiro atoms. The molecule has 12 aromatic rings. The molecule has 0 unspecified atom stereocenters. The zero-order valence-electron chi connectivity index (χ0n) is 42.2. The molecule has 0 aromatic heterocycles. The molecule has 77 heavy (non-hydrogen) atoms. The second-order valence-corrected chi connectivity index (χ2v) is 21.4. The molecule has 0 saturated carbocycles. The van der Waals surface area contributed by atoms with Crippen LogP contribution in [0.4, 0.5) is 34.1 Å². The average Bonchev–Trinajstić information content (AvgIpc) is 4.26. The van der Waals surface area contributed by atoms with Gasteiger partial charge in [0.05, 0.1) is 11.1 Å². The molecule has 2 nitrogen and oxygen atoms in total. The van der Waals surface area contributed by atoms with Crippen LogP contribution in [0, 0.1) is 0 Å². The summed E-state index contributed by atoms with van der Waals surface area (Å²) in [4.78, 5) is 7.51. The van der Waals surface area contributed by atoms with Crippen LogP contribution in [0.3, 0.4) is 0 Å². The van der Waals surface area contributed by atoms with Gasteiger partial charge in [0.2, 0.25) is 0 Å². The quantitative estimate of drug-likeness (QED) is 0.142. The third-order valence-corrected chi connectivity index (χ3v) is 17.3. The molecule has 0 amide bonds. The van der Waals surface area contributed by atoms with Gasteiger partial charge in [-0.3, -0.25) is 0 Å². The van der Waals surface area contributed by atoms with Gasteiger partial charge in [0.15, 0.2) is 0 Å². The van der Waals surface area contributed by atoms with E-state index in [-0.39, 0.29) is 0 Å². The number of fused-ring (bicyclic) bond motifs is 12. The van der Waals surface area contributed by atoms with E-state index in [0.29, 0.717) is 0 Å². The lowest BCUT2D eigenvalue weighted by Crippen LogP contribution is -2.32. The third kappa shape index (κ3) is 7.41. The Balaban J connectivity index is 0.870. The molecule has 3 aliphatic rings. The molecule has 1 heterocycles. The fourth-order valence-corrected chi connectivity index (χ4v) is 13.9. The van der Waals surface area contributed by atoms with Gasteiger partial charge < -0.3 is 9.80 Å². The highest BCUT2D eigenvalue weighted by molar-refractivity contribution is 7.99. The van der Waals surface area contributed by atoms with Gasteiger partial charge in [-0.2, -0.15) is 0 Å². The highest BCUT2D eigenvalue weighted by atomic mass is 32.2. The monoisotopic (exact) mass is 998 g/mol. The number of hydrogen-bond acceptors (Lipinski definition) is 3. The van der Waals surface area contributed by atoms with Gasteiger partial charge in [-0.15, -0.1) is 0 Å². The summed E-state index contributed by atoms with van der Waals surface area (Å²) in [6.45, 7) is 0. The maximum Gasteiger partial charge on any atom is 0.0735 e. The van der Waals surface area contributed by atoms with E-state index in [1.165, 1.54) is 104 Å². The topological polar surface area (TPSA) is 6.48 Å². The summed E-state index contributed by atoms with van der Waals surface area (Å²) in [7, 11) is 0. The largest absolute Gasteiger partial charge is 0.310 e. The molecular weight excluding hydrogens is 949 g/mol. The van der Waals surface area contributed by atoms with Gasteiger partial charge in [-0.25, -0.2) is 0 Å². The van der Waals surface area contributed by atoms with E-state index in [2.05, 4.69) is 301 Å². The predicted molar refractivity (Wildman–Crippen MR) is 322 cm³/mol. The van der Waals surface area contributed by atoms with E-state index < -0.39 is 5.41 Å². The van der Waals surface area contributed by atoms with Gasteiger partial charge in [0.25, 0.3) is 0 Å². The zero-order chi connectivity index (χ0) is 50.9. The minimum Gasteiger partial charge on any atom is -0.310 e. The lowest BCUT2D eigenvalue weighted by molar-refractivity contribution is 0.722. The Morgan fingerprint density at radius 2 is 0.740 bits per heavy atom. The number of hydrogen-bond donors (Lipinski definition) is 0. The van der Waals surface area contributed by atoms with Crippen molar-refractivity contribution in [3.05, 3.63) is 325 Å². The van der Waals surface area contributed by atoms with Crippen molar-refractivity contribution in [1.82, 2.24) is 0 Å². The second kappa shape index (κ2) is 18.5. The summed E-state index contributed by atoms with van der Waals surface area (Å²) in [5.74, 6) is 0. The SMILES string of the molecule is c1ccc(-c2ccc(N(c3ccc(-c4ccccc4)cc3)c3ccc4c(c3)-c3cccc(N(c5ccccc5)c5ccc6c(c5)-c5ccc(-c7ccccc7)cc5C65c6ccccc6Sc6ccccc65)c3C4)cc2)cc1. The van der Waals surface area contributed by atoms with E-state index in [9.17, 15) is 0 Å². The molecule has 15 rings (SSSR count). The number of nitrogens with zero attached hydrogens (tertiary/aromatic N) is 2. The maximum absolute atomic E-state index is 2.50. The van der Waals surface area contributed by atoms with Gasteiger partial charge in [-0.1, -0.05) is 218 Å². The number of rotatable bonds is 9. The minimum absolute atomic E-state index is 0.501. The second-order valence-electron chi connectivity index (χ2n) is 20.4. The first kappa shape index (κ1) is 45.0. The Labute approximate surface area is 454 Å². The van der Waals surface area contributed by atoms with Crippen LogP contribution in [0.5, 0.6) is 0 Å². The Morgan fingerprint density at radius 1 is 0.273 bits per heavy atom. The summed E-state index contributed by atoms with van der Waals surface area (Å²) in [6.07, 6.45) is 0.826. The van der Waals surface area contributed by atoms with Crippen LogP contribution in [0.2, 0.25) is 0 Å². The Hall–Kier alpha value is -9.41. The third-order valence-electron chi connectivity index (χ3n) is 16.2. The van der Waals surface area contributed by atoms with Crippen LogP contribution < -0.4 is 9.80 Å². The highest BCUT2D eigenvalue weighted by Gasteiger charge is 2.50. The first-order valence-corrected chi connectivity index (χ1v) is 27.4. The first-order chi connectivity index (χ1) is 38.2. The molecule has 0 fully saturated rings. The van der Waals surface area contributed by atoms with Crippen molar-refractivity contribution in [3.8, 4) is 55.6 Å². The maximum atomic E-state index is 2.50. The molecule has 362 valence electrons.